The largest absolute Gasteiger partial charge is 0.383 e. The highest BCUT2D eigenvalue weighted by atomic mass is 35.5. The van der Waals surface area contributed by atoms with Gasteiger partial charge in [-0.1, -0.05) is 23.7 Å². The molecule has 1 aliphatic heterocycles. The van der Waals surface area contributed by atoms with Gasteiger partial charge in [0.2, 0.25) is 0 Å². The summed E-state index contributed by atoms with van der Waals surface area (Å²) in [5, 5.41) is 4.22. The summed E-state index contributed by atoms with van der Waals surface area (Å²) >= 11 is 6.14. The van der Waals surface area contributed by atoms with Crippen molar-refractivity contribution in [3.05, 3.63) is 29.3 Å². The Labute approximate surface area is 119 Å². The van der Waals surface area contributed by atoms with Crippen LogP contribution >= 0.6 is 11.6 Å². The first-order chi connectivity index (χ1) is 9.34. The number of fused-ring (bicyclic) bond motifs is 1. The van der Waals surface area contributed by atoms with Crippen molar-refractivity contribution in [2.45, 2.75) is 31.4 Å². The second-order valence-electron chi connectivity index (χ2n) is 5.35. The molecule has 0 radical (unpaired) electrons. The lowest BCUT2D eigenvalue weighted by atomic mass is 10.1. The van der Waals surface area contributed by atoms with Gasteiger partial charge in [0.1, 0.15) is 0 Å². The third-order valence-electron chi connectivity index (χ3n) is 4.19. The number of benzene rings is 1. The predicted octanol–water partition coefficient (Wildman–Crippen LogP) is 3.01. The van der Waals surface area contributed by atoms with Gasteiger partial charge in [0.15, 0.2) is 0 Å². The molecular formula is C15H21ClN2O. The van der Waals surface area contributed by atoms with E-state index in [-0.39, 0.29) is 0 Å². The van der Waals surface area contributed by atoms with Crippen LogP contribution in [0.1, 0.15) is 19.3 Å². The molecule has 1 aliphatic carbocycles. The number of rotatable bonds is 4. The van der Waals surface area contributed by atoms with E-state index < -0.39 is 0 Å². The van der Waals surface area contributed by atoms with E-state index in [1.807, 2.05) is 24.3 Å². The van der Waals surface area contributed by atoms with Gasteiger partial charge in [0.25, 0.3) is 0 Å². The first kappa shape index (κ1) is 13.2. The molecule has 1 saturated carbocycles. The summed E-state index contributed by atoms with van der Waals surface area (Å²) in [6.07, 6.45) is 4.31. The molecule has 4 heteroatoms. The molecule has 2 atom stereocenters. The van der Waals surface area contributed by atoms with Gasteiger partial charge in [-0.3, -0.25) is 4.90 Å². The molecule has 1 saturated heterocycles. The molecule has 0 spiro atoms. The van der Waals surface area contributed by atoms with E-state index in [1.54, 1.807) is 0 Å². The van der Waals surface area contributed by atoms with Crippen LogP contribution in [0.4, 0.5) is 5.69 Å². The molecule has 2 aliphatic rings. The maximum absolute atomic E-state index is 6.14. The van der Waals surface area contributed by atoms with Crippen molar-refractivity contribution in [1.29, 1.82) is 0 Å². The topological polar surface area (TPSA) is 24.5 Å². The molecule has 0 bridgehead atoms. The molecular weight excluding hydrogens is 260 g/mol. The number of anilines is 1. The van der Waals surface area contributed by atoms with Crippen LogP contribution in [-0.4, -0.2) is 43.3 Å². The highest BCUT2D eigenvalue weighted by molar-refractivity contribution is 6.33. The Morgan fingerprint density at radius 3 is 3.11 bits per heavy atom. The number of nitrogens with one attached hydrogen (secondary N) is 1. The molecule has 2 fully saturated rings. The minimum atomic E-state index is 0.481. The summed E-state index contributed by atoms with van der Waals surface area (Å²) in [6, 6.07) is 8.56. The fourth-order valence-electron chi connectivity index (χ4n) is 3.22. The van der Waals surface area contributed by atoms with E-state index in [1.165, 1.54) is 19.3 Å². The molecule has 0 aromatic heterocycles. The third-order valence-corrected chi connectivity index (χ3v) is 4.52. The molecule has 0 amide bonds. The number of morpholine rings is 1. The fraction of sp³-hybridized carbons (Fsp3) is 0.600. The highest BCUT2D eigenvalue weighted by Crippen LogP contribution is 2.29. The number of hydrogen-bond acceptors (Lipinski definition) is 3. The first-order valence-electron chi connectivity index (χ1n) is 7.18. The number of halogens is 1. The lowest BCUT2D eigenvalue weighted by molar-refractivity contribution is -0.0539. The Bertz CT molecular complexity index is 426. The van der Waals surface area contributed by atoms with Crippen LogP contribution in [0.3, 0.4) is 0 Å². The maximum atomic E-state index is 6.14. The first-order valence-corrected chi connectivity index (χ1v) is 7.56. The normalized spacial score (nSPS) is 27.2. The predicted molar refractivity (Wildman–Crippen MR) is 78.9 cm³/mol. The molecule has 1 aromatic carbocycles. The highest BCUT2D eigenvalue weighted by Gasteiger charge is 2.35. The quantitative estimate of drug-likeness (QED) is 0.918. The molecule has 1 heterocycles. The van der Waals surface area contributed by atoms with Crippen molar-refractivity contribution in [3.8, 4) is 0 Å². The minimum absolute atomic E-state index is 0.481. The van der Waals surface area contributed by atoms with Crippen LogP contribution in [0.25, 0.3) is 0 Å². The Morgan fingerprint density at radius 2 is 2.21 bits per heavy atom. The standard InChI is InChI=1S/C15H21ClN2O/c16-12-4-1-2-5-13(12)17-8-9-18-10-11-19-15-7-3-6-14(15)18/h1-2,4-5,14-15,17H,3,6-11H2. The van der Waals surface area contributed by atoms with Crippen LogP contribution in [0.5, 0.6) is 0 Å². The molecule has 104 valence electrons. The van der Waals surface area contributed by atoms with Gasteiger partial charge in [-0.25, -0.2) is 0 Å². The van der Waals surface area contributed by atoms with Crippen molar-refractivity contribution in [1.82, 2.24) is 4.90 Å². The van der Waals surface area contributed by atoms with Crippen molar-refractivity contribution in [3.63, 3.8) is 0 Å². The summed E-state index contributed by atoms with van der Waals surface area (Å²) in [5.41, 5.74) is 1.03. The minimum Gasteiger partial charge on any atom is -0.383 e. The van der Waals surface area contributed by atoms with Crippen LogP contribution in [0.15, 0.2) is 24.3 Å². The SMILES string of the molecule is Clc1ccccc1NCCN1CCOC2CCCC21. The van der Waals surface area contributed by atoms with Crippen molar-refractivity contribution in [2.24, 2.45) is 0 Å². The van der Waals surface area contributed by atoms with Crippen molar-refractivity contribution >= 4 is 17.3 Å². The summed E-state index contributed by atoms with van der Waals surface area (Å²) in [4.78, 5) is 2.57. The van der Waals surface area contributed by atoms with E-state index in [4.69, 9.17) is 16.3 Å². The Hall–Kier alpha value is -0.770. The van der Waals surface area contributed by atoms with Crippen LogP contribution in [-0.2, 0) is 4.74 Å². The zero-order valence-corrected chi connectivity index (χ0v) is 11.9. The number of ether oxygens (including phenoxy) is 1. The second kappa shape index (κ2) is 6.12. The van der Waals surface area contributed by atoms with E-state index >= 15 is 0 Å². The molecule has 3 nitrogen and oxygen atoms in total. The van der Waals surface area contributed by atoms with Crippen LogP contribution in [0, 0.1) is 0 Å². The number of hydrogen-bond donors (Lipinski definition) is 1. The van der Waals surface area contributed by atoms with Gasteiger partial charge in [0, 0.05) is 25.7 Å². The van der Waals surface area contributed by atoms with Crippen LogP contribution < -0.4 is 5.32 Å². The van der Waals surface area contributed by atoms with E-state index in [9.17, 15) is 0 Å². The van der Waals surface area contributed by atoms with Gasteiger partial charge < -0.3 is 10.1 Å². The average Bonchev–Trinajstić information content (AvgIpc) is 2.90. The summed E-state index contributed by atoms with van der Waals surface area (Å²) in [7, 11) is 0. The lowest BCUT2D eigenvalue weighted by Crippen LogP contribution is -2.49. The zero-order valence-electron chi connectivity index (χ0n) is 11.1. The van der Waals surface area contributed by atoms with Gasteiger partial charge in [-0.2, -0.15) is 0 Å². The number of nitrogens with zero attached hydrogens (tertiary/aromatic N) is 1. The van der Waals surface area contributed by atoms with Crippen molar-refractivity contribution in [2.75, 3.05) is 31.6 Å². The van der Waals surface area contributed by atoms with Gasteiger partial charge in [0.05, 0.1) is 23.4 Å². The third kappa shape index (κ3) is 3.04. The maximum Gasteiger partial charge on any atom is 0.0730 e. The van der Waals surface area contributed by atoms with E-state index in [0.29, 0.717) is 12.1 Å². The fourth-order valence-corrected chi connectivity index (χ4v) is 3.42. The Morgan fingerprint density at radius 1 is 1.32 bits per heavy atom. The Balaban J connectivity index is 1.51. The van der Waals surface area contributed by atoms with E-state index in [0.717, 1.165) is 37.0 Å². The summed E-state index contributed by atoms with van der Waals surface area (Å²) < 4.78 is 5.83. The van der Waals surface area contributed by atoms with Gasteiger partial charge in [-0.05, 0) is 31.4 Å². The van der Waals surface area contributed by atoms with E-state index in [2.05, 4.69) is 10.2 Å². The lowest BCUT2D eigenvalue weighted by Gasteiger charge is -2.37. The number of para-hydroxylation sites is 1. The Kier molecular flexibility index (Phi) is 4.26. The second-order valence-corrected chi connectivity index (χ2v) is 5.76. The van der Waals surface area contributed by atoms with Crippen LogP contribution in [0.2, 0.25) is 5.02 Å². The monoisotopic (exact) mass is 280 g/mol. The molecule has 19 heavy (non-hydrogen) atoms. The summed E-state index contributed by atoms with van der Waals surface area (Å²) in [5.74, 6) is 0. The molecule has 3 rings (SSSR count). The van der Waals surface area contributed by atoms with Gasteiger partial charge >= 0.3 is 0 Å². The molecule has 1 N–H and O–H groups in total. The molecule has 2 unspecified atom stereocenters. The molecule has 1 aromatic rings. The average molecular weight is 281 g/mol. The van der Waals surface area contributed by atoms with Crippen molar-refractivity contribution < 1.29 is 4.74 Å². The van der Waals surface area contributed by atoms with Gasteiger partial charge in [-0.15, -0.1) is 0 Å². The summed E-state index contributed by atoms with van der Waals surface area (Å²) in [6.45, 7) is 3.95. The smallest absolute Gasteiger partial charge is 0.0730 e. The zero-order chi connectivity index (χ0) is 13.1.